The minimum atomic E-state index is -0.129. The Balaban J connectivity index is 1.64. The molecule has 3 rings (SSSR count). The molecule has 21 heavy (non-hydrogen) atoms. The monoisotopic (exact) mass is 289 g/mol. The summed E-state index contributed by atoms with van der Waals surface area (Å²) in [7, 11) is 3.67. The number of carbonyl (C=O) groups is 1. The van der Waals surface area contributed by atoms with E-state index in [9.17, 15) is 4.79 Å². The van der Waals surface area contributed by atoms with E-state index in [1.54, 1.807) is 22.6 Å². The van der Waals surface area contributed by atoms with Crippen molar-refractivity contribution >= 4 is 11.8 Å². The molecule has 0 radical (unpaired) electrons. The van der Waals surface area contributed by atoms with E-state index in [1.807, 2.05) is 24.2 Å². The van der Waals surface area contributed by atoms with E-state index < -0.39 is 0 Å². The van der Waals surface area contributed by atoms with Crippen molar-refractivity contribution in [2.45, 2.75) is 18.8 Å². The van der Waals surface area contributed by atoms with Gasteiger partial charge in [-0.1, -0.05) is 5.21 Å². The lowest BCUT2D eigenvalue weighted by Crippen LogP contribution is -2.41. The minimum absolute atomic E-state index is 0.129. The highest BCUT2D eigenvalue weighted by Gasteiger charge is 2.26. The third-order valence-electron chi connectivity index (χ3n) is 3.70. The Bertz CT molecular complexity index is 632. The van der Waals surface area contributed by atoms with Gasteiger partial charge < -0.3 is 4.90 Å². The molecule has 8 heteroatoms. The second-order valence-electron chi connectivity index (χ2n) is 5.41. The maximum Gasteiger partial charge on any atom is 0.323 e. The van der Waals surface area contributed by atoms with Crippen LogP contribution in [-0.4, -0.2) is 48.8 Å². The van der Waals surface area contributed by atoms with Gasteiger partial charge in [-0.25, -0.2) is 4.79 Å². The summed E-state index contributed by atoms with van der Waals surface area (Å²) in [6.07, 6.45) is 5.66. The van der Waals surface area contributed by atoms with Crippen molar-refractivity contribution in [3.05, 3.63) is 24.2 Å². The summed E-state index contributed by atoms with van der Waals surface area (Å²) >= 11 is 0. The van der Waals surface area contributed by atoms with Crippen molar-refractivity contribution in [2.24, 2.45) is 14.1 Å². The molecule has 1 unspecified atom stereocenters. The molecule has 1 fully saturated rings. The van der Waals surface area contributed by atoms with Gasteiger partial charge in [-0.3, -0.25) is 14.7 Å². The highest BCUT2D eigenvalue weighted by atomic mass is 16.2. The molecule has 2 amide bonds. The normalized spacial score (nSPS) is 18.8. The van der Waals surface area contributed by atoms with Gasteiger partial charge in [0.05, 0.1) is 11.9 Å². The number of amides is 2. The van der Waals surface area contributed by atoms with E-state index in [-0.39, 0.29) is 6.03 Å². The van der Waals surface area contributed by atoms with Gasteiger partial charge in [0.15, 0.2) is 5.82 Å². The first-order chi connectivity index (χ1) is 10.1. The molecule has 2 aromatic heterocycles. The molecule has 1 aliphatic rings. The Morgan fingerprint density at radius 3 is 2.90 bits per heavy atom. The quantitative estimate of drug-likeness (QED) is 0.893. The van der Waals surface area contributed by atoms with Gasteiger partial charge in [0.1, 0.15) is 0 Å². The Labute approximate surface area is 122 Å². The third kappa shape index (κ3) is 3.04. The van der Waals surface area contributed by atoms with Crippen LogP contribution in [0.25, 0.3) is 0 Å². The maximum atomic E-state index is 12.3. The van der Waals surface area contributed by atoms with Crippen LogP contribution in [0.15, 0.2) is 18.5 Å². The van der Waals surface area contributed by atoms with E-state index >= 15 is 0 Å². The van der Waals surface area contributed by atoms with Crippen molar-refractivity contribution in [1.82, 2.24) is 29.7 Å². The molecular formula is C13H19N7O. The van der Waals surface area contributed by atoms with Crippen molar-refractivity contribution in [2.75, 3.05) is 18.4 Å². The summed E-state index contributed by atoms with van der Waals surface area (Å²) in [5.41, 5.74) is 1.05. The van der Waals surface area contributed by atoms with Gasteiger partial charge in [-0.2, -0.15) is 5.10 Å². The largest absolute Gasteiger partial charge is 0.324 e. The van der Waals surface area contributed by atoms with E-state index in [1.165, 1.54) is 0 Å². The van der Waals surface area contributed by atoms with Gasteiger partial charge in [-0.15, -0.1) is 5.10 Å². The number of anilines is 1. The van der Waals surface area contributed by atoms with Gasteiger partial charge >= 0.3 is 6.03 Å². The van der Waals surface area contributed by atoms with E-state index in [0.29, 0.717) is 18.3 Å². The first kappa shape index (κ1) is 13.6. The van der Waals surface area contributed by atoms with Crippen LogP contribution in [0.4, 0.5) is 10.6 Å². The van der Waals surface area contributed by atoms with Gasteiger partial charge in [-0.05, 0) is 18.9 Å². The average molecular weight is 289 g/mol. The molecule has 2 aromatic rings. The Morgan fingerprint density at radius 2 is 2.24 bits per heavy atom. The summed E-state index contributed by atoms with van der Waals surface area (Å²) in [6, 6.07) is 1.89. The number of nitrogens with zero attached hydrogens (tertiary/aromatic N) is 6. The van der Waals surface area contributed by atoms with E-state index in [2.05, 4.69) is 20.7 Å². The van der Waals surface area contributed by atoms with Crippen molar-refractivity contribution in [3.63, 3.8) is 0 Å². The zero-order valence-electron chi connectivity index (χ0n) is 12.2. The van der Waals surface area contributed by atoms with Crippen LogP contribution in [0.5, 0.6) is 0 Å². The zero-order valence-corrected chi connectivity index (χ0v) is 12.2. The number of nitrogens with one attached hydrogen (secondary N) is 1. The number of aromatic nitrogens is 5. The molecule has 0 aliphatic carbocycles. The second-order valence-corrected chi connectivity index (χ2v) is 5.41. The van der Waals surface area contributed by atoms with Crippen LogP contribution in [0, 0.1) is 0 Å². The number of urea groups is 1. The Morgan fingerprint density at radius 1 is 1.38 bits per heavy atom. The number of hydrogen-bond donors (Lipinski definition) is 1. The number of aryl methyl sites for hydroxylation is 2. The fourth-order valence-corrected chi connectivity index (χ4v) is 2.65. The lowest BCUT2D eigenvalue weighted by Gasteiger charge is -2.31. The third-order valence-corrected chi connectivity index (χ3v) is 3.70. The Kier molecular flexibility index (Phi) is 3.59. The summed E-state index contributed by atoms with van der Waals surface area (Å²) < 4.78 is 3.36. The van der Waals surface area contributed by atoms with Crippen LogP contribution in [0.3, 0.4) is 0 Å². The molecule has 1 N–H and O–H groups in total. The topological polar surface area (TPSA) is 80.9 Å². The second kappa shape index (κ2) is 5.55. The molecule has 3 heterocycles. The number of piperidine rings is 1. The average Bonchev–Trinajstić information content (AvgIpc) is 3.08. The van der Waals surface area contributed by atoms with Crippen molar-refractivity contribution in [3.8, 4) is 0 Å². The molecule has 1 saturated heterocycles. The first-order valence-corrected chi connectivity index (χ1v) is 7.03. The molecule has 0 saturated carbocycles. The zero-order chi connectivity index (χ0) is 14.8. The molecule has 0 spiro atoms. The van der Waals surface area contributed by atoms with Crippen LogP contribution >= 0.6 is 0 Å². The fraction of sp³-hybridized carbons (Fsp3) is 0.538. The minimum Gasteiger partial charge on any atom is -0.324 e. The maximum absolute atomic E-state index is 12.3. The van der Waals surface area contributed by atoms with Crippen LogP contribution < -0.4 is 5.32 Å². The van der Waals surface area contributed by atoms with Gasteiger partial charge in [0.2, 0.25) is 0 Å². The Hall–Kier alpha value is -2.38. The molecule has 1 aliphatic heterocycles. The van der Waals surface area contributed by atoms with Crippen molar-refractivity contribution < 1.29 is 4.79 Å². The number of hydrogen-bond acceptors (Lipinski definition) is 4. The lowest BCUT2D eigenvalue weighted by atomic mass is 9.95. The van der Waals surface area contributed by atoms with E-state index in [4.69, 9.17) is 0 Å². The molecule has 1 atom stereocenters. The molecule has 8 nitrogen and oxygen atoms in total. The summed E-state index contributed by atoms with van der Waals surface area (Å²) in [5.74, 6) is 0.773. The van der Waals surface area contributed by atoms with Gasteiger partial charge in [0, 0.05) is 39.3 Å². The predicted molar refractivity (Wildman–Crippen MR) is 76.8 cm³/mol. The molecule has 0 bridgehead atoms. The highest BCUT2D eigenvalue weighted by molar-refractivity contribution is 5.88. The molecular weight excluding hydrogens is 270 g/mol. The lowest BCUT2D eigenvalue weighted by molar-refractivity contribution is 0.192. The fourth-order valence-electron chi connectivity index (χ4n) is 2.65. The molecule has 0 aromatic carbocycles. The van der Waals surface area contributed by atoms with Crippen molar-refractivity contribution in [1.29, 1.82) is 0 Å². The van der Waals surface area contributed by atoms with E-state index in [0.717, 1.165) is 25.1 Å². The first-order valence-electron chi connectivity index (χ1n) is 7.03. The van der Waals surface area contributed by atoms with Gasteiger partial charge in [0.25, 0.3) is 0 Å². The number of rotatable bonds is 2. The summed E-state index contributed by atoms with van der Waals surface area (Å²) in [6.45, 7) is 1.44. The number of carbonyl (C=O) groups excluding carboxylic acids is 1. The smallest absolute Gasteiger partial charge is 0.323 e. The number of likely N-dealkylation sites (tertiary alicyclic amines) is 1. The summed E-state index contributed by atoms with van der Waals surface area (Å²) in [5, 5.41) is 14.9. The standard InChI is InChI=1S/C13H19N7O/c1-18-7-5-11(16-18)10-4-3-6-20(8-10)13(21)14-12-9-19(2)17-15-12/h5,7,9-10H,3-4,6,8H2,1-2H3,(H,14,21). The highest BCUT2D eigenvalue weighted by Crippen LogP contribution is 2.25. The SMILES string of the molecule is Cn1cc(NC(=O)N2CCCC(c3ccn(C)n3)C2)nn1. The van der Waals surface area contributed by atoms with Crippen LogP contribution in [-0.2, 0) is 14.1 Å². The van der Waals surface area contributed by atoms with Crippen LogP contribution in [0.2, 0.25) is 0 Å². The predicted octanol–water partition coefficient (Wildman–Crippen LogP) is 0.960. The van der Waals surface area contributed by atoms with Crippen LogP contribution in [0.1, 0.15) is 24.5 Å². The molecule has 112 valence electrons. The summed E-state index contributed by atoms with van der Waals surface area (Å²) in [4.78, 5) is 14.1.